The lowest BCUT2D eigenvalue weighted by atomic mass is 9.99. The van der Waals surface area contributed by atoms with Crippen LogP contribution in [0.2, 0.25) is 0 Å². The molecule has 34 heavy (non-hydrogen) atoms. The van der Waals surface area contributed by atoms with E-state index >= 15 is 0 Å². The standard InChI is InChI=1S/C27H23N3O4/c31-24-11-6-12-25(32)30(24)23(15-17-7-2-1-3-8-17)27(34)29-22-14-13-21-19(26(22)33)16-18-9-4-5-10-20(18)28-21/h1-5,7-10,13-14,16,23,28H,6,11-12,15H2,(H,29,34)/t23-/m0/s1. The van der Waals surface area contributed by atoms with Crippen LogP contribution >= 0.6 is 0 Å². The summed E-state index contributed by atoms with van der Waals surface area (Å²) in [5.41, 5.74) is 2.59. The molecule has 7 heteroatoms. The van der Waals surface area contributed by atoms with Crippen molar-refractivity contribution in [2.75, 3.05) is 5.32 Å². The number of nitrogens with zero attached hydrogens (tertiary/aromatic N) is 1. The van der Waals surface area contributed by atoms with Crippen LogP contribution in [-0.2, 0) is 20.8 Å². The van der Waals surface area contributed by atoms with E-state index in [-0.39, 0.29) is 42.2 Å². The van der Waals surface area contributed by atoms with Gasteiger partial charge in [0.05, 0.1) is 5.69 Å². The summed E-state index contributed by atoms with van der Waals surface area (Å²) in [4.78, 5) is 56.2. The zero-order chi connectivity index (χ0) is 23.7. The minimum Gasteiger partial charge on any atom is -0.354 e. The largest absolute Gasteiger partial charge is 0.354 e. The van der Waals surface area contributed by atoms with Crippen molar-refractivity contribution in [1.82, 2.24) is 9.88 Å². The topological polar surface area (TPSA) is 99.3 Å². The Balaban J connectivity index is 1.50. The third kappa shape index (κ3) is 4.08. The molecule has 2 heterocycles. The third-order valence-corrected chi connectivity index (χ3v) is 6.19. The molecule has 2 aromatic rings. The smallest absolute Gasteiger partial charge is 0.248 e. The third-order valence-electron chi connectivity index (χ3n) is 6.19. The lowest BCUT2D eigenvalue weighted by Crippen LogP contribution is -2.53. The molecule has 1 saturated heterocycles. The number of nitrogens with one attached hydrogen (secondary N) is 2. The first-order valence-corrected chi connectivity index (χ1v) is 11.3. The number of amides is 3. The summed E-state index contributed by atoms with van der Waals surface area (Å²) in [5, 5.41) is 3.57. The van der Waals surface area contributed by atoms with Crippen molar-refractivity contribution in [2.45, 2.75) is 31.7 Å². The van der Waals surface area contributed by atoms with Crippen molar-refractivity contribution < 1.29 is 14.4 Å². The predicted molar refractivity (Wildman–Crippen MR) is 129 cm³/mol. The van der Waals surface area contributed by atoms with Crippen LogP contribution in [-0.4, -0.2) is 33.6 Å². The second kappa shape index (κ2) is 8.94. The molecular weight excluding hydrogens is 430 g/mol. The Bertz CT molecular complexity index is 1410. The molecule has 2 aliphatic heterocycles. The number of benzene rings is 3. The van der Waals surface area contributed by atoms with Crippen LogP contribution in [0.5, 0.6) is 0 Å². The van der Waals surface area contributed by atoms with Gasteiger partial charge in [-0.3, -0.25) is 24.1 Å². The molecular formula is C27H23N3O4. The number of likely N-dealkylation sites (tertiary alicyclic amines) is 1. The molecule has 0 saturated carbocycles. The molecule has 2 aromatic carbocycles. The first kappa shape index (κ1) is 21.6. The first-order valence-electron chi connectivity index (χ1n) is 11.3. The number of aromatic amines is 1. The molecule has 0 unspecified atom stereocenters. The Morgan fingerprint density at radius 3 is 2.38 bits per heavy atom. The normalized spacial score (nSPS) is 15.0. The predicted octanol–water partition coefficient (Wildman–Crippen LogP) is 3.72. The zero-order valence-electron chi connectivity index (χ0n) is 18.4. The van der Waals surface area contributed by atoms with E-state index in [1.54, 1.807) is 18.2 Å². The Labute approximate surface area is 195 Å². The van der Waals surface area contributed by atoms with Crippen LogP contribution in [0.25, 0.3) is 22.2 Å². The fraction of sp³-hybridized carbons (Fsp3) is 0.185. The number of carbonyl (C=O) groups is 3. The lowest BCUT2D eigenvalue weighted by molar-refractivity contribution is -0.153. The Morgan fingerprint density at radius 2 is 1.62 bits per heavy atom. The quantitative estimate of drug-likeness (QED) is 0.355. The number of hydrogen-bond donors (Lipinski definition) is 2. The molecule has 1 aliphatic carbocycles. The Hall–Kier alpha value is -4.26. The maximum atomic E-state index is 13.4. The summed E-state index contributed by atoms with van der Waals surface area (Å²) in [6.07, 6.45) is 1.09. The van der Waals surface area contributed by atoms with E-state index in [4.69, 9.17) is 0 Å². The van der Waals surface area contributed by atoms with Crippen molar-refractivity contribution in [2.24, 2.45) is 0 Å². The minimum atomic E-state index is -1.04. The van der Waals surface area contributed by atoms with Gasteiger partial charge in [-0.15, -0.1) is 0 Å². The average Bonchev–Trinajstić information content (AvgIpc) is 2.85. The van der Waals surface area contributed by atoms with Gasteiger partial charge in [0.15, 0.2) is 0 Å². The van der Waals surface area contributed by atoms with Crippen molar-refractivity contribution in [3.05, 3.63) is 88.6 Å². The molecule has 1 fully saturated rings. The molecule has 0 aromatic heterocycles. The summed E-state index contributed by atoms with van der Waals surface area (Å²) >= 11 is 0. The van der Waals surface area contributed by atoms with Gasteiger partial charge in [-0.25, -0.2) is 0 Å². The van der Waals surface area contributed by atoms with Crippen molar-refractivity contribution >= 4 is 34.3 Å². The van der Waals surface area contributed by atoms with E-state index < -0.39 is 11.9 Å². The van der Waals surface area contributed by atoms with Crippen LogP contribution in [0, 0.1) is 0 Å². The minimum absolute atomic E-state index is 0.108. The van der Waals surface area contributed by atoms with E-state index in [9.17, 15) is 19.2 Å². The SMILES string of the molecule is O=C(Nc1ccc2[nH]c3ccccc3cc-2c1=O)[C@H](Cc1ccccc1)N1C(=O)CCCC1=O. The van der Waals surface area contributed by atoms with Gasteiger partial charge in [0.25, 0.3) is 0 Å². The van der Waals surface area contributed by atoms with Crippen LogP contribution < -0.4 is 10.7 Å². The number of H-pyrrole nitrogens is 1. The molecule has 170 valence electrons. The second-order valence-corrected chi connectivity index (χ2v) is 8.47. The molecule has 0 spiro atoms. The number of aromatic nitrogens is 1. The highest BCUT2D eigenvalue weighted by molar-refractivity contribution is 6.05. The van der Waals surface area contributed by atoms with Crippen LogP contribution in [0.1, 0.15) is 24.8 Å². The summed E-state index contributed by atoms with van der Waals surface area (Å²) in [6.45, 7) is 0. The number of piperidine rings is 1. The van der Waals surface area contributed by atoms with Gasteiger partial charge < -0.3 is 10.3 Å². The summed E-state index contributed by atoms with van der Waals surface area (Å²) in [7, 11) is 0. The molecule has 7 nitrogen and oxygen atoms in total. The molecule has 2 N–H and O–H groups in total. The van der Waals surface area contributed by atoms with E-state index in [1.807, 2.05) is 54.6 Å². The number of imide groups is 1. The van der Waals surface area contributed by atoms with Crippen LogP contribution in [0.3, 0.4) is 0 Å². The van der Waals surface area contributed by atoms with Gasteiger partial charge in [-0.1, -0.05) is 48.5 Å². The number of carbonyl (C=O) groups excluding carboxylic acids is 3. The second-order valence-electron chi connectivity index (χ2n) is 8.47. The van der Waals surface area contributed by atoms with E-state index in [0.717, 1.165) is 21.4 Å². The number of fused-ring (bicyclic) bond motifs is 2. The van der Waals surface area contributed by atoms with Gasteiger partial charge in [0.2, 0.25) is 23.2 Å². The van der Waals surface area contributed by atoms with Crippen LogP contribution in [0.4, 0.5) is 5.69 Å². The molecule has 1 atom stereocenters. The summed E-state index contributed by atoms with van der Waals surface area (Å²) in [5.74, 6) is -1.29. The van der Waals surface area contributed by atoms with Gasteiger partial charge in [-0.2, -0.15) is 0 Å². The number of para-hydroxylation sites is 1. The fourth-order valence-electron chi connectivity index (χ4n) is 4.46. The highest BCUT2D eigenvalue weighted by Gasteiger charge is 2.37. The van der Waals surface area contributed by atoms with Crippen molar-refractivity contribution in [1.29, 1.82) is 0 Å². The average molecular weight is 453 g/mol. The number of anilines is 1. The van der Waals surface area contributed by atoms with Crippen LogP contribution in [0.15, 0.2) is 77.6 Å². The lowest BCUT2D eigenvalue weighted by Gasteiger charge is -2.32. The molecule has 0 radical (unpaired) electrons. The zero-order valence-corrected chi connectivity index (χ0v) is 18.4. The van der Waals surface area contributed by atoms with Gasteiger partial charge >= 0.3 is 0 Å². The highest BCUT2D eigenvalue weighted by Crippen LogP contribution is 2.24. The fourth-order valence-corrected chi connectivity index (χ4v) is 4.46. The number of pyridine rings is 1. The van der Waals surface area contributed by atoms with E-state index in [0.29, 0.717) is 17.7 Å². The summed E-state index contributed by atoms with van der Waals surface area (Å²) < 4.78 is 0. The summed E-state index contributed by atoms with van der Waals surface area (Å²) in [6, 6.07) is 20.9. The van der Waals surface area contributed by atoms with Crippen molar-refractivity contribution in [3.8, 4) is 11.3 Å². The number of rotatable bonds is 5. The number of hydrogen-bond acceptors (Lipinski definition) is 4. The molecule has 5 rings (SSSR count). The molecule has 3 amide bonds. The molecule has 3 aliphatic rings. The van der Waals surface area contributed by atoms with Gasteiger partial charge in [0.1, 0.15) is 6.04 Å². The highest BCUT2D eigenvalue weighted by atomic mass is 16.2. The van der Waals surface area contributed by atoms with Gasteiger partial charge in [-0.05, 0) is 41.6 Å². The van der Waals surface area contributed by atoms with E-state index in [2.05, 4.69) is 10.3 Å². The van der Waals surface area contributed by atoms with Crippen molar-refractivity contribution in [3.63, 3.8) is 0 Å². The Morgan fingerprint density at radius 1 is 0.912 bits per heavy atom. The Kier molecular flexibility index (Phi) is 5.67. The monoisotopic (exact) mass is 453 g/mol. The first-order chi connectivity index (χ1) is 16.5. The maximum absolute atomic E-state index is 13.4. The van der Waals surface area contributed by atoms with E-state index in [1.165, 1.54) is 0 Å². The van der Waals surface area contributed by atoms with Gasteiger partial charge in [0, 0.05) is 36.0 Å². The maximum Gasteiger partial charge on any atom is 0.248 e. The molecule has 0 bridgehead atoms.